The summed E-state index contributed by atoms with van der Waals surface area (Å²) in [6.45, 7) is -1.57. The van der Waals surface area contributed by atoms with Crippen molar-refractivity contribution < 1.29 is 35.4 Å². The van der Waals surface area contributed by atoms with Crippen LogP contribution in [0.15, 0.2) is 0 Å². The lowest BCUT2D eigenvalue weighted by Crippen LogP contribution is -2.67. The Morgan fingerprint density at radius 3 is 1.86 bits per heavy atom. The van der Waals surface area contributed by atoms with Crippen molar-refractivity contribution in [2.24, 2.45) is 0 Å². The van der Waals surface area contributed by atoms with Gasteiger partial charge < -0.3 is 35.4 Å². The highest BCUT2D eigenvalue weighted by molar-refractivity contribution is 4.99. The number of aliphatic hydroxyl groups excluding tert-OH is 6. The third kappa shape index (κ3) is 1.63. The molecule has 0 unspecified atom stereocenters. The molecule has 1 fully saturated rings. The van der Waals surface area contributed by atoms with Crippen LogP contribution in [0.4, 0.5) is 0 Å². The van der Waals surface area contributed by atoms with Crippen LogP contribution in [0.5, 0.6) is 0 Å². The van der Waals surface area contributed by atoms with Crippen molar-refractivity contribution in [1.82, 2.24) is 0 Å². The summed E-state index contributed by atoms with van der Waals surface area (Å²) in [5, 5.41) is 54.6. The minimum Gasteiger partial charge on any atom is -0.393 e. The number of aliphatic hydroxyl groups is 6. The Kier molecular flexibility index (Phi) is 3.43. The Labute approximate surface area is 79.8 Å². The predicted octanol–water partition coefficient (Wildman–Crippen LogP) is -3.86. The molecular weight excluding hydrogens is 196 g/mol. The maximum absolute atomic E-state index is 9.41. The van der Waals surface area contributed by atoms with Gasteiger partial charge in [-0.2, -0.15) is 0 Å². The smallest absolute Gasteiger partial charge is 0.184 e. The average Bonchev–Trinajstić information content (AvgIpc) is 2.21. The summed E-state index contributed by atoms with van der Waals surface area (Å²) in [6, 6.07) is 0. The molecule has 0 spiro atoms. The van der Waals surface area contributed by atoms with Crippen LogP contribution in [0.1, 0.15) is 0 Å². The molecule has 7 nitrogen and oxygen atoms in total. The van der Waals surface area contributed by atoms with Crippen molar-refractivity contribution >= 4 is 0 Å². The second-order valence-electron chi connectivity index (χ2n) is 3.32. The van der Waals surface area contributed by atoms with Crippen LogP contribution >= 0.6 is 0 Å². The Balaban J connectivity index is 2.88. The van der Waals surface area contributed by atoms with Crippen molar-refractivity contribution in [3.8, 4) is 0 Å². The summed E-state index contributed by atoms with van der Waals surface area (Å²) in [4.78, 5) is 0. The summed E-state index contributed by atoms with van der Waals surface area (Å²) in [5.41, 5.74) is -1.85. The third-order valence-corrected chi connectivity index (χ3v) is 2.40. The van der Waals surface area contributed by atoms with E-state index >= 15 is 0 Å². The van der Waals surface area contributed by atoms with E-state index in [1.54, 1.807) is 0 Å². The van der Waals surface area contributed by atoms with Crippen LogP contribution in [0, 0.1) is 0 Å². The van der Waals surface area contributed by atoms with Gasteiger partial charge in [0, 0.05) is 0 Å². The number of rotatable bonds is 2. The van der Waals surface area contributed by atoms with Crippen molar-refractivity contribution in [3.05, 3.63) is 0 Å². The topological polar surface area (TPSA) is 131 Å². The van der Waals surface area contributed by atoms with Crippen LogP contribution in [-0.2, 0) is 4.74 Å². The van der Waals surface area contributed by atoms with E-state index in [1.807, 2.05) is 0 Å². The minimum absolute atomic E-state index is 0.786. The molecule has 1 heterocycles. The highest BCUT2D eigenvalue weighted by Gasteiger charge is 2.52. The Morgan fingerprint density at radius 1 is 0.929 bits per heavy atom. The van der Waals surface area contributed by atoms with E-state index in [9.17, 15) is 10.2 Å². The molecule has 7 heteroatoms. The molecule has 14 heavy (non-hydrogen) atoms. The van der Waals surface area contributed by atoms with E-state index < -0.39 is 43.4 Å². The lowest BCUT2D eigenvalue weighted by Gasteiger charge is -2.45. The minimum atomic E-state index is -1.85. The zero-order valence-corrected chi connectivity index (χ0v) is 7.32. The molecular formula is C7H14O7. The van der Waals surface area contributed by atoms with E-state index in [2.05, 4.69) is 4.74 Å². The lowest BCUT2D eigenvalue weighted by molar-refractivity contribution is -0.333. The molecule has 84 valence electrons. The third-order valence-electron chi connectivity index (χ3n) is 2.40. The fourth-order valence-electron chi connectivity index (χ4n) is 1.36. The fourth-order valence-corrected chi connectivity index (χ4v) is 1.36. The maximum Gasteiger partial charge on any atom is 0.184 e. The monoisotopic (exact) mass is 210 g/mol. The molecule has 0 aliphatic carbocycles. The van der Waals surface area contributed by atoms with Crippen LogP contribution in [-0.4, -0.2) is 74.1 Å². The van der Waals surface area contributed by atoms with Gasteiger partial charge in [0.1, 0.15) is 23.9 Å². The molecule has 4 atom stereocenters. The molecule has 1 aliphatic heterocycles. The Hall–Kier alpha value is -0.280. The first-order valence-electron chi connectivity index (χ1n) is 4.10. The summed E-state index contributed by atoms with van der Waals surface area (Å²) in [6.07, 6.45) is -6.78. The normalized spacial score (nSPS) is 42.4. The van der Waals surface area contributed by atoms with Crippen molar-refractivity contribution in [3.63, 3.8) is 0 Å². The highest BCUT2D eigenvalue weighted by atomic mass is 16.7. The predicted molar refractivity (Wildman–Crippen MR) is 42.0 cm³/mol. The molecule has 0 radical (unpaired) electrons. The highest BCUT2D eigenvalue weighted by Crippen LogP contribution is 2.28. The molecule has 0 bridgehead atoms. The molecule has 0 saturated carbocycles. The van der Waals surface area contributed by atoms with Crippen LogP contribution < -0.4 is 0 Å². The van der Waals surface area contributed by atoms with Gasteiger partial charge in [0.05, 0.1) is 13.2 Å². The van der Waals surface area contributed by atoms with Crippen molar-refractivity contribution in [1.29, 1.82) is 0 Å². The van der Waals surface area contributed by atoms with Crippen LogP contribution in [0.2, 0.25) is 0 Å². The van der Waals surface area contributed by atoms with Crippen LogP contribution in [0.25, 0.3) is 0 Å². The summed E-state index contributed by atoms with van der Waals surface area (Å²) in [7, 11) is 0. The molecule has 1 aliphatic rings. The summed E-state index contributed by atoms with van der Waals surface area (Å²) < 4.78 is 4.66. The van der Waals surface area contributed by atoms with Gasteiger partial charge in [-0.1, -0.05) is 0 Å². The zero-order valence-electron chi connectivity index (χ0n) is 7.32. The first-order valence-corrected chi connectivity index (χ1v) is 4.10. The average molecular weight is 210 g/mol. The zero-order chi connectivity index (χ0) is 10.9. The quantitative estimate of drug-likeness (QED) is 0.275. The summed E-state index contributed by atoms with van der Waals surface area (Å²) >= 11 is 0. The molecule has 0 aromatic rings. The molecule has 0 aromatic heterocycles. The number of ether oxygens (including phenoxy) is 1. The van der Waals surface area contributed by atoms with Crippen molar-refractivity contribution in [2.75, 3.05) is 13.2 Å². The molecule has 0 aromatic carbocycles. The standard InChI is InChI=1S/C7H14O7/c8-1-7(2-9)5(12)3(10)4(11)6(13)14-7/h3-6,8-13H,1-2H2/t3-,4+,5-,6-/m1/s1. The first-order chi connectivity index (χ1) is 6.48. The Morgan fingerprint density at radius 2 is 1.43 bits per heavy atom. The lowest BCUT2D eigenvalue weighted by atomic mass is 9.88. The van der Waals surface area contributed by atoms with Gasteiger partial charge in [0.25, 0.3) is 0 Å². The number of hydrogen-bond acceptors (Lipinski definition) is 7. The second kappa shape index (κ2) is 4.07. The number of hydrogen-bond donors (Lipinski definition) is 6. The van der Waals surface area contributed by atoms with Gasteiger partial charge in [-0.25, -0.2) is 0 Å². The molecule has 0 amide bonds. The second-order valence-corrected chi connectivity index (χ2v) is 3.32. The Bertz CT molecular complexity index is 192. The van der Waals surface area contributed by atoms with Gasteiger partial charge in [-0.15, -0.1) is 0 Å². The first kappa shape index (κ1) is 11.8. The molecule has 6 N–H and O–H groups in total. The fraction of sp³-hybridized carbons (Fsp3) is 1.00. The maximum atomic E-state index is 9.41. The van der Waals surface area contributed by atoms with E-state index in [1.165, 1.54) is 0 Å². The SMILES string of the molecule is OCC1(CO)O[C@@H](O)[C@@H](O)[C@@H](O)[C@H]1O. The van der Waals surface area contributed by atoms with E-state index in [4.69, 9.17) is 20.4 Å². The van der Waals surface area contributed by atoms with E-state index in [0.29, 0.717) is 0 Å². The van der Waals surface area contributed by atoms with Gasteiger partial charge in [-0.05, 0) is 0 Å². The molecule has 1 rings (SSSR count). The van der Waals surface area contributed by atoms with Gasteiger partial charge in [0.15, 0.2) is 6.29 Å². The van der Waals surface area contributed by atoms with E-state index in [0.717, 1.165) is 0 Å². The van der Waals surface area contributed by atoms with Crippen LogP contribution in [0.3, 0.4) is 0 Å². The van der Waals surface area contributed by atoms with Gasteiger partial charge >= 0.3 is 0 Å². The van der Waals surface area contributed by atoms with E-state index in [-0.39, 0.29) is 0 Å². The molecule has 1 saturated heterocycles. The van der Waals surface area contributed by atoms with Gasteiger partial charge in [0.2, 0.25) is 0 Å². The largest absolute Gasteiger partial charge is 0.393 e. The summed E-state index contributed by atoms with van der Waals surface area (Å²) in [5.74, 6) is 0. The van der Waals surface area contributed by atoms with Gasteiger partial charge in [-0.3, -0.25) is 0 Å². The van der Waals surface area contributed by atoms with Crippen molar-refractivity contribution in [2.45, 2.75) is 30.2 Å².